The zero-order chi connectivity index (χ0) is 17.8. The molecule has 0 unspecified atom stereocenters. The second-order valence-corrected chi connectivity index (χ2v) is 6.72. The average molecular weight is 346 g/mol. The second-order valence-electron chi connectivity index (χ2n) is 6.72. The van der Waals surface area contributed by atoms with Crippen LogP contribution in [0, 0.1) is 0 Å². The van der Waals surface area contributed by atoms with Gasteiger partial charge >= 0.3 is 0 Å². The first kappa shape index (κ1) is 17.6. The number of nitrogens with zero attached hydrogens (tertiary/aromatic N) is 6. The summed E-state index contributed by atoms with van der Waals surface area (Å²) in [5.41, 5.74) is 0. The monoisotopic (exact) mass is 346 g/mol. The highest BCUT2D eigenvalue weighted by molar-refractivity contribution is 5.47. The van der Waals surface area contributed by atoms with E-state index in [1.807, 2.05) is 27.2 Å². The van der Waals surface area contributed by atoms with Crippen LogP contribution in [0.15, 0.2) is 12.4 Å². The van der Waals surface area contributed by atoms with E-state index in [4.69, 9.17) is 5.11 Å². The maximum Gasteiger partial charge on any atom is 0.146 e. The summed E-state index contributed by atoms with van der Waals surface area (Å²) in [7, 11) is 6.10. The molecule has 0 spiro atoms. The van der Waals surface area contributed by atoms with Crippen LogP contribution in [0.3, 0.4) is 0 Å². The quantitative estimate of drug-likeness (QED) is 0.632. The Hall–Kier alpha value is -2.26. The van der Waals surface area contributed by atoms with Gasteiger partial charge in [0.05, 0.1) is 13.2 Å². The molecule has 1 aliphatic carbocycles. The van der Waals surface area contributed by atoms with E-state index in [0.717, 1.165) is 36.9 Å². The van der Waals surface area contributed by atoms with Gasteiger partial charge in [0.1, 0.15) is 29.6 Å². The van der Waals surface area contributed by atoms with Crippen LogP contribution < -0.4 is 10.6 Å². The number of aliphatic hydroxyl groups excluding tert-OH is 1. The molecule has 9 nitrogen and oxygen atoms in total. The number of aromatic nitrogens is 5. The molecule has 25 heavy (non-hydrogen) atoms. The Balaban J connectivity index is 1.54. The molecule has 3 rings (SSSR count). The van der Waals surface area contributed by atoms with E-state index in [1.165, 1.54) is 6.33 Å². The van der Waals surface area contributed by atoms with E-state index >= 15 is 0 Å². The highest BCUT2D eigenvalue weighted by Gasteiger charge is 2.34. The number of hydrogen-bond donors (Lipinski definition) is 3. The van der Waals surface area contributed by atoms with Gasteiger partial charge in [0.2, 0.25) is 0 Å². The van der Waals surface area contributed by atoms with Gasteiger partial charge in [0.15, 0.2) is 0 Å². The molecule has 0 saturated heterocycles. The standard InChI is InChI=1S/C16H26N8O/c1-23(2)9-15-21-22-16(24(15)3)11-6-12(7-11)20-14-8-13(17-4-5-25)18-10-19-14/h8,10-12,25H,4-7,9H2,1-3H3,(H2,17,18,19,20). The van der Waals surface area contributed by atoms with E-state index in [0.29, 0.717) is 24.3 Å². The molecule has 2 aromatic rings. The third-order valence-electron chi connectivity index (χ3n) is 4.40. The summed E-state index contributed by atoms with van der Waals surface area (Å²) in [6, 6.07) is 2.24. The lowest BCUT2D eigenvalue weighted by molar-refractivity contribution is 0.311. The first-order valence-electron chi connectivity index (χ1n) is 8.53. The van der Waals surface area contributed by atoms with Crippen LogP contribution in [0.5, 0.6) is 0 Å². The minimum absolute atomic E-state index is 0.0740. The van der Waals surface area contributed by atoms with E-state index in [-0.39, 0.29) is 6.61 Å². The first-order valence-corrected chi connectivity index (χ1v) is 8.53. The van der Waals surface area contributed by atoms with Gasteiger partial charge in [-0.25, -0.2) is 9.97 Å². The van der Waals surface area contributed by atoms with Crippen molar-refractivity contribution in [2.45, 2.75) is 31.3 Å². The molecule has 0 aromatic carbocycles. The minimum atomic E-state index is 0.0740. The van der Waals surface area contributed by atoms with Crippen LogP contribution in [-0.2, 0) is 13.6 Å². The molecule has 1 saturated carbocycles. The molecule has 0 amide bonds. The van der Waals surface area contributed by atoms with Crippen molar-refractivity contribution in [1.82, 2.24) is 29.6 Å². The zero-order valence-electron chi connectivity index (χ0n) is 15.0. The first-order chi connectivity index (χ1) is 12.1. The Kier molecular flexibility index (Phi) is 5.44. The molecule has 0 aliphatic heterocycles. The van der Waals surface area contributed by atoms with Crippen molar-refractivity contribution in [3.05, 3.63) is 24.0 Å². The summed E-state index contributed by atoms with van der Waals surface area (Å²) in [6.07, 6.45) is 3.54. The predicted octanol–water partition coefficient (Wildman–Crippen LogP) is 0.429. The Morgan fingerprint density at radius 1 is 1.24 bits per heavy atom. The molecule has 2 aromatic heterocycles. The lowest BCUT2D eigenvalue weighted by Crippen LogP contribution is -2.35. The molecule has 0 atom stereocenters. The summed E-state index contributed by atoms with van der Waals surface area (Å²) < 4.78 is 2.11. The van der Waals surface area contributed by atoms with Gasteiger partial charge in [0.25, 0.3) is 0 Å². The van der Waals surface area contributed by atoms with Gasteiger partial charge < -0.3 is 25.2 Å². The van der Waals surface area contributed by atoms with Crippen molar-refractivity contribution in [2.24, 2.45) is 7.05 Å². The average Bonchev–Trinajstić information content (AvgIpc) is 2.89. The van der Waals surface area contributed by atoms with Gasteiger partial charge in [-0.2, -0.15) is 0 Å². The van der Waals surface area contributed by atoms with Crippen LogP contribution in [0.25, 0.3) is 0 Å². The SMILES string of the molecule is CN(C)Cc1nnc(C2CC(Nc3cc(NCCO)ncn3)C2)n1C. The normalized spacial score (nSPS) is 19.7. The molecule has 0 bridgehead atoms. The molecule has 1 fully saturated rings. The van der Waals surface area contributed by atoms with Crippen molar-refractivity contribution in [3.63, 3.8) is 0 Å². The maximum atomic E-state index is 8.86. The van der Waals surface area contributed by atoms with Crippen molar-refractivity contribution < 1.29 is 5.11 Å². The van der Waals surface area contributed by atoms with Gasteiger partial charge in [-0.05, 0) is 26.9 Å². The lowest BCUT2D eigenvalue weighted by Gasteiger charge is -2.35. The molecular weight excluding hydrogens is 320 g/mol. The lowest BCUT2D eigenvalue weighted by atomic mass is 9.79. The molecule has 9 heteroatoms. The van der Waals surface area contributed by atoms with E-state index in [2.05, 4.69) is 40.3 Å². The summed E-state index contributed by atoms with van der Waals surface area (Å²) in [6.45, 7) is 1.34. The maximum absolute atomic E-state index is 8.86. The highest BCUT2D eigenvalue weighted by atomic mass is 16.3. The molecule has 2 heterocycles. The smallest absolute Gasteiger partial charge is 0.146 e. The number of aliphatic hydroxyl groups is 1. The topological polar surface area (TPSA) is 104 Å². The number of hydrogen-bond acceptors (Lipinski definition) is 8. The Bertz CT molecular complexity index is 695. The van der Waals surface area contributed by atoms with Crippen LogP contribution in [0.1, 0.15) is 30.4 Å². The molecule has 3 N–H and O–H groups in total. The van der Waals surface area contributed by atoms with Crippen LogP contribution in [0.4, 0.5) is 11.6 Å². The van der Waals surface area contributed by atoms with Crippen molar-refractivity contribution in [3.8, 4) is 0 Å². The summed E-state index contributed by atoms with van der Waals surface area (Å²) in [5, 5.41) is 24.0. The number of nitrogens with one attached hydrogen (secondary N) is 2. The van der Waals surface area contributed by atoms with Crippen molar-refractivity contribution in [1.29, 1.82) is 0 Å². The van der Waals surface area contributed by atoms with E-state index < -0.39 is 0 Å². The Labute approximate surface area is 147 Å². The third kappa shape index (κ3) is 4.23. The Morgan fingerprint density at radius 3 is 2.72 bits per heavy atom. The number of anilines is 2. The zero-order valence-corrected chi connectivity index (χ0v) is 15.0. The van der Waals surface area contributed by atoms with Gasteiger partial charge in [-0.1, -0.05) is 0 Å². The van der Waals surface area contributed by atoms with Crippen LogP contribution in [-0.4, -0.2) is 68.0 Å². The molecule has 136 valence electrons. The van der Waals surface area contributed by atoms with Crippen molar-refractivity contribution >= 4 is 11.6 Å². The largest absolute Gasteiger partial charge is 0.395 e. The third-order valence-corrected chi connectivity index (χ3v) is 4.40. The van der Waals surface area contributed by atoms with E-state index in [9.17, 15) is 0 Å². The van der Waals surface area contributed by atoms with Gasteiger partial charge in [-0.3, -0.25) is 0 Å². The van der Waals surface area contributed by atoms with Crippen LogP contribution >= 0.6 is 0 Å². The molecule has 1 aliphatic rings. The second kappa shape index (κ2) is 7.75. The van der Waals surface area contributed by atoms with Gasteiger partial charge in [-0.15, -0.1) is 10.2 Å². The highest BCUT2D eigenvalue weighted by Crippen LogP contribution is 2.37. The molecule has 0 radical (unpaired) electrons. The fraction of sp³-hybridized carbons (Fsp3) is 0.625. The summed E-state index contributed by atoms with van der Waals surface area (Å²) in [4.78, 5) is 10.5. The fourth-order valence-electron chi connectivity index (χ4n) is 3.02. The fourth-order valence-corrected chi connectivity index (χ4v) is 3.02. The summed E-state index contributed by atoms with van der Waals surface area (Å²) in [5.74, 6) is 3.99. The van der Waals surface area contributed by atoms with E-state index in [1.54, 1.807) is 0 Å². The number of rotatable bonds is 8. The minimum Gasteiger partial charge on any atom is -0.395 e. The van der Waals surface area contributed by atoms with Gasteiger partial charge in [0, 0.05) is 31.6 Å². The van der Waals surface area contributed by atoms with Crippen LogP contribution in [0.2, 0.25) is 0 Å². The molecular formula is C16H26N8O. The predicted molar refractivity (Wildman–Crippen MR) is 95.4 cm³/mol. The summed E-state index contributed by atoms with van der Waals surface area (Å²) >= 11 is 0. The van der Waals surface area contributed by atoms with Crippen molar-refractivity contribution in [2.75, 3.05) is 37.9 Å². The Morgan fingerprint density at radius 2 is 2.00 bits per heavy atom.